The number of carboxylic acids is 1. The molecule has 0 aromatic heterocycles. The molecule has 0 aliphatic heterocycles. The van der Waals surface area contributed by atoms with Crippen LogP contribution < -0.4 is 0 Å². The van der Waals surface area contributed by atoms with Crippen LogP contribution in [0.15, 0.2) is 18.2 Å². The van der Waals surface area contributed by atoms with Crippen LogP contribution in [0.4, 0.5) is 4.39 Å². The summed E-state index contributed by atoms with van der Waals surface area (Å²) >= 11 is 0. The Morgan fingerprint density at radius 3 is 2.79 bits per heavy atom. The molecule has 5 heteroatoms. The van der Waals surface area contributed by atoms with Crippen LogP contribution >= 0.6 is 0 Å². The van der Waals surface area contributed by atoms with E-state index in [-0.39, 0.29) is 17.9 Å². The lowest BCUT2D eigenvalue weighted by atomic mass is 10.2. The minimum Gasteiger partial charge on any atom is -0.507 e. The maximum atomic E-state index is 13.0. The van der Waals surface area contributed by atoms with E-state index in [4.69, 9.17) is 5.11 Å². The van der Waals surface area contributed by atoms with Crippen molar-refractivity contribution in [1.29, 1.82) is 0 Å². The molecule has 0 aliphatic rings. The molecule has 2 N–H and O–H groups in total. The largest absolute Gasteiger partial charge is 0.507 e. The van der Waals surface area contributed by atoms with Gasteiger partial charge in [0, 0.05) is 0 Å². The summed E-state index contributed by atoms with van der Waals surface area (Å²) in [6.45, 7) is -0.779. The normalized spacial score (nSPS) is 10.1. The number of carbonyl (C=O) groups is 1. The zero-order chi connectivity index (χ0) is 10.6. The molecule has 14 heavy (non-hydrogen) atoms. The van der Waals surface area contributed by atoms with E-state index in [0.29, 0.717) is 0 Å². The van der Waals surface area contributed by atoms with Gasteiger partial charge in [-0.25, -0.2) is 9.18 Å². The fourth-order valence-corrected chi connectivity index (χ4v) is 0.931. The van der Waals surface area contributed by atoms with Crippen LogP contribution in [-0.4, -0.2) is 22.8 Å². The molecule has 0 radical (unpaired) electrons. The third-order valence-corrected chi connectivity index (χ3v) is 1.57. The summed E-state index contributed by atoms with van der Waals surface area (Å²) in [6, 6.07) is 3.83. The zero-order valence-corrected chi connectivity index (χ0v) is 7.24. The van der Waals surface area contributed by atoms with Crippen LogP contribution in [0.25, 0.3) is 0 Å². The lowest BCUT2D eigenvalue weighted by Gasteiger charge is -2.05. The van der Waals surface area contributed by atoms with Crippen molar-refractivity contribution in [3.63, 3.8) is 0 Å². The first-order valence-corrected chi connectivity index (χ1v) is 3.87. The maximum absolute atomic E-state index is 13.0. The highest BCUT2D eigenvalue weighted by Gasteiger charge is 2.08. The lowest BCUT2D eigenvalue weighted by Crippen LogP contribution is -2.07. The highest BCUT2D eigenvalue weighted by molar-refractivity contribution is 5.68. The number of phenols is 1. The molecule has 0 saturated heterocycles. The Morgan fingerprint density at radius 2 is 2.21 bits per heavy atom. The Morgan fingerprint density at radius 1 is 1.50 bits per heavy atom. The van der Waals surface area contributed by atoms with Crippen molar-refractivity contribution in [2.24, 2.45) is 0 Å². The molecule has 0 heterocycles. The van der Waals surface area contributed by atoms with E-state index < -0.39 is 18.4 Å². The van der Waals surface area contributed by atoms with Crippen LogP contribution in [0, 0.1) is 5.82 Å². The molecule has 76 valence electrons. The molecule has 0 unspecified atom stereocenters. The fraction of sp³-hybridized carbons (Fsp3) is 0.222. The second-order valence-electron chi connectivity index (χ2n) is 2.62. The Bertz CT molecular complexity index is 317. The van der Waals surface area contributed by atoms with Gasteiger partial charge < -0.3 is 14.9 Å². The number of halogens is 1. The Hall–Kier alpha value is -1.62. The van der Waals surface area contributed by atoms with Crippen molar-refractivity contribution >= 4 is 5.97 Å². The van der Waals surface area contributed by atoms with Gasteiger partial charge in [0.1, 0.15) is 18.2 Å². The van der Waals surface area contributed by atoms with Crippen LogP contribution in [0.2, 0.25) is 0 Å². The van der Waals surface area contributed by atoms with Gasteiger partial charge in [0.25, 0.3) is 0 Å². The van der Waals surface area contributed by atoms with Crippen molar-refractivity contribution in [3.8, 4) is 5.75 Å². The Balaban J connectivity index is 2.62. The summed E-state index contributed by atoms with van der Waals surface area (Å²) in [5.74, 6) is -1.99. The summed E-state index contributed by atoms with van der Waals surface area (Å²) in [5, 5.41) is 17.4. The second-order valence-corrected chi connectivity index (χ2v) is 2.62. The van der Waals surface area contributed by atoms with Gasteiger partial charge >= 0.3 is 5.97 Å². The minimum atomic E-state index is -1.14. The number of ether oxygens (including phenoxy) is 1. The van der Waals surface area contributed by atoms with Gasteiger partial charge in [-0.1, -0.05) is 6.07 Å². The number of phenolic OH excluding ortho intramolecular Hbond substituents is 1. The number of hydrogen-bond donors (Lipinski definition) is 2. The number of aliphatic carboxylic acids is 1. The topological polar surface area (TPSA) is 66.8 Å². The lowest BCUT2D eigenvalue weighted by molar-refractivity contribution is -0.142. The summed E-state index contributed by atoms with van der Waals surface area (Å²) in [7, 11) is 0. The van der Waals surface area contributed by atoms with Gasteiger partial charge in [-0.3, -0.25) is 0 Å². The summed E-state index contributed by atoms with van der Waals surface area (Å²) in [5.41, 5.74) is -0.0336. The quantitative estimate of drug-likeness (QED) is 0.764. The molecular weight excluding hydrogens is 191 g/mol. The molecule has 0 fully saturated rings. The SMILES string of the molecule is O=C(O)COCc1c(O)cccc1F. The first-order valence-electron chi connectivity index (χ1n) is 3.87. The molecule has 1 aromatic carbocycles. The minimum absolute atomic E-state index is 0.0336. The van der Waals surface area contributed by atoms with E-state index in [2.05, 4.69) is 4.74 Å². The van der Waals surface area contributed by atoms with Crippen molar-refractivity contribution in [1.82, 2.24) is 0 Å². The van der Waals surface area contributed by atoms with E-state index >= 15 is 0 Å². The number of aromatic hydroxyl groups is 1. The Labute approximate surface area is 79.6 Å². The molecule has 4 nitrogen and oxygen atoms in total. The molecule has 0 aliphatic carbocycles. The maximum Gasteiger partial charge on any atom is 0.329 e. The fourth-order valence-electron chi connectivity index (χ4n) is 0.931. The van der Waals surface area contributed by atoms with Gasteiger partial charge in [0.2, 0.25) is 0 Å². The van der Waals surface area contributed by atoms with Crippen LogP contribution in [0.1, 0.15) is 5.56 Å². The van der Waals surface area contributed by atoms with Crippen molar-refractivity contribution in [3.05, 3.63) is 29.6 Å². The highest BCUT2D eigenvalue weighted by atomic mass is 19.1. The molecule has 0 spiro atoms. The van der Waals surface area contributed by atoms with E-state index in [1.54, 1.807) is 0 Å². The monoisotopic (exact) mass is 200 g/mol. The van der Waals surface area contributed by atoms with Crippen molar-refractivity contribution in [2.45, 2.75) is 6.61 Å². The molecule has 1 aromatic rings. The molecule has 0 saturated carbocycles. The highest BCUT2D eigenvalue weighted by Crippen LogP contribution is 2.20. The predicted molar refractivity (Wildman–Crippen MR) is 45.4 cm³/mol. The summed E-state index contributed by atoms with van der Waals surface area (Å²) in [6.07, 6.45) is 0. The first kappa shape index (κ1) is 10.5. The average Bonchev–Trinajstić information content (AvgIpc) is 2.09. The zero-order valence-electron chi connectivity index (χ0n) is 7.24. The molecule has 0 amide bonds. The van der Waals surface area contributed by atoms with Gasteiger partial charge in [0.15, 0.2) is 0 Å². The van der Waals surface area contributed by atoms with E-state index in [9.17, 15) is 14.3 Å². The van der Waals surface area contributed by atoms with Gasteiger partial charge in [-0.2, -0.15) is 0 Å². The smallest absolute Gasteiger partial charge is 0.329 e. The van der Waals surface area contributed by atoms with Gasteiger partial charge in [0.05, 0.1) is 12.2 Å². The summed E-state index contributed by atoms with van der Waals surface area (Å²) in [4.78, 5) is 10.1. The molecule has 0 atom stereocenters. The van der Waals surface area contributed by atoms with Crippen molar-refractivity contribution in [2.75, 3.05) is 6.61 Å². The molecular formula is C9H9FO4. The molecule has 0 bridgehead atoms. The van der Waals surface area contributed by atoms with Crippen molar-refractivity contribution < 1.29 is 24.1 Å². The third-order valence-electron chi connectivity index (χ3n) is 1.57. The Kier molecular flexibility index (Phi) is 3.41. The third kappa shape index (κ3) is 2.70. The molecule has 1 rings (SSSR count). The average molecular weight is 200 g/mol. The number of rotatable bonds is 4. The van der Waals surface area contributed by atoms with Crippen LogP contribution in [0.3, 0.4) is 0 Å². The van der Waals surface area contributed by atoms with Crippen LogP contribution in [-0.2, 0) is 16.1 Å². The number of benzene rings is 1. The van der Waals surface area contributed by atoms with E-state index in [1.165, 1.54) is 18.2 Å². The van der Waals surface area contributed by atoms with Gasteiger partial charge in [-0.05, 0) is 12.1 Å². The van der Waals surface area contributed by atoms with E-state index in [0.717, 1.165) is 0 Å². The van der Waals surface area contributed by atoms with Crippen LogP contribution in [0.5, 0.6) is 5.75 Å². The van der Waals surface area contributed by atoms with Gasteiger partial charge in [-0.15, -0.1) is 0 Å². The number of hydrogen-bond acceptors (Lipinski definition) is 3. The standard InChI is InChI=1S/C9H9FO4/c10-7-2-1-3-8(11)6(7)4-14-5-9(12)13/h1-3,11H,4-5H2,(H,12,13). The second kappa shape index (κ2) is 4.57. The first-order chi connectivity index (χ1) is 6.61. The number of carboxylic acid groups (broad SMARTS) is 1. The predicted octanol–water partition coefficient (Wildman–Crippen LogP) is 1.13. The van der Waals surface area contributed by atoms with E-state index in [1.807, 2.05) is 0 Å². The summed E-state index contributed by atoms with van der Waals surface area (Å²) < 4.78 is 17.6.